The molecule has 0 spiro atoms. The molecule has 1 N–H and O–H groups in total. The molecule has 25 heavy (non-hydrogen) atoms. The van der Waals surface area contributed by atoms with Crippen LogP contribution in [0.2, 0.25) is 5.02 Å². The van der Waals surface area contributed by atoms with E-state index >= 15 is 0 Å². The lowest BCUT2D eigenvalue weighted by atomic mass is 10.2. The summed E-state index contributed by atoms with van der Waals surface area (Å²) >= 11 is 10.3. The van der Waals surface area contributed by atoms with Gasteiger partial charge in [0.05, 0.1) is 0 Å². The average Bonchev–Trinajstić information content (AvgIpc) is 2.58. The fraction of sp³-hybridized carbons (Fsp3) is 0.467. The van der Waals surface area contributed by atoms with Gasteiger partial charge in [0, 0.05) is 32.1 Å². The highest BCUT2D eigenvalue weighted by Crippen LogP contribution is 2.33. The van der Waals surface area contributed by atoms with E-state index < -0.39 is 34.0 Å². The monoisotopic (exact) mass is 397 g/mol. The Hall–Kier alpha value is -1.61. The van der Waals surface area contributed by atoms with E-state index in [2.05, 4.69) is 5.32 Å². The minimum atomic E-state index is -1.63. The molecule has 1 heterocycles. The normalized spacial score (nSPS) is 14.9. The summed E-state index contributed by atoms with van der Waals surface area (Å²) in [6.45, 7) is 4.00. The Balaban J connectivity index is 2.11. The van der Waals surface area contributed by atoms with Crippen LogP contribution in [0.3, 0.4) is 0 Å². The number of hydrogen-bond acceptors (Lipinski definition) is 3. The second-order valence-corrected chi connectivity index (χ2v) is 6.61. The van der Waals surface area contributed by atoms with Crippen LogP contribution in [0.4, 0.5) is 23.2 Å². The lowest BCUT2D eigenvalue weighted by molar-refractivity contribution is -0.122. The molecule has 0 aromatic heterocycles. The number of benzene rings is 1. The Morgan fingerprint density at radius 3 is 1.96 bits per heavy atom. The van der Waals surface area contributed by atoms with Crippen molar-refractivity contribution in [2.24, 2.45) is 5.92 Å². The summed E-state index contributed by atoms with van der Waals surface area (Å²) in [7, 11) is 0. The third kappa shape index (κ3) is 3.98. The number of carbonyl (C=O) groups is 1. The number of carbonyl (C=O) groups excluding carboxylic acids is 1. The number of anilines is 1. The fourth-order valence-corrected chi connectivity index (χ4v) is 2.78. The van der Waals surface area contributed by atoms with Crippen molar-refractivity contribution >= 4 is 40.5 Å². The minimum absolute atomic E-state index is 0.0615. The van der Waals surface area contributed by atoms with E-state index in [1.54, 1.807) is 18.7 Å². The molecule has 1 fully saturated rings. The van der Waals surface area contributed by atoms with Crippen molar-refractivity contribution in [1.82, 2.24) is 10.2 Å². The zero-order chi connectivity index (χ0) is 18.9. The number of nitrogens with zero attached hydrogens (tertiary/aromatic N) is 2. The Bertz CT molecular complexity index is 680. The van der Waals surface area contributed by atoms with E-state index in [0.29, 0.717) is 0 Å². The number of nitrogens with one attached hydrogen (secondary N) is 1. The zero-order valence-electron chi connectivity index (χ0n) is 13.5. The third-order valence-electron chi connectivity index (χ3n) is 3.82. The van der Waals surface area contributed by atoms with Gasteiger partial charge in [-0.3, -0.25) is 4.79 Å². The van der Waals surface area contributed by atoms with Gasteiger partial charge in [-0.1, -0.05) is 25.4 Å². The van der Waals surface area contributed by atoms with Crippen LogP contribution >= 0.6 is 23.8 Å². The lowest BCUT2D eigenvalue weighted by Gasteiger charge is -2.37. The number of thiocarbonyl (C=S) groups is 1. The fourth-order valence-electron chi connectivity index (χ4n) is 2.33. The number of hydrogen-bond donors (Lipinski definition) is 1. The largest absolute Gasteiger partial charge is 0.363 e. The van der Waals surface area contributed by atoms with E-state index in [0.717, 1.165) is 0 Å². The standard InChI is InChI=1S/C15H16ClF4N3OS/c1-7(2)14(24)21-15(25)23-5-3-22(4-6-23)13-11(19)9(17)8(16)10(18)12(13)20/h7H,3-6H2,1-2H3,(H,21,24,25). The molecule has 10 heteroatoms. The number of amides is 1. The number of halogens is 5. The van der Waals surface area contributed by atoms with Crippen LogP contribution < -0.4 is 10.2 Å². The topological polar surface area (TPSA) is 35.6 Å². The molecule has 0 radical (unpaired) electrons. The molecular formula is C15H16ClF4N3OS. The van der Waals surface area contributed by atoms with E-state index in [1.807, 2.05) is 0 Å². The highest BCUT2D eigenvalue weighted by Gasteiger charge is 2.30. The van der Waals surface area contributed by atoms with E-state index in [4.69, 9.17) is 23.8 Å². The van der Waals surface area contributed by atoms with Crippen LogP contribution in [0, 0.1) is 29.2 Å². The molecular weight excluding hydrogens is 382 g/mol. The molecule has 1 saturated heterocycles. The summed E-state index contributed by atoms with van der Waals surface area (Å²) in [5.41, 5.74) is -0.795. The molecule has 0 unspecified atom stereocenters. The van der Waals surface area contributed by atoms with Crippen molar-refractivity contribution < 1.29 is 22.4 Å². The van der Waals surface area contributed by atoms with E-state index in [9.17, 15) is 22.4 Å². The molecule has 138 valence electrons. The zero-order valence-corrected chi connectivity index (χ0v) is 15.1. The van der Waals surface area contributed by atoms with Gasteiger partial charge in [0.1, 0.15) is 10.7 Å². The van der Waals surface area contributed by atoms with Crippen LogP contribution in [0.15, 0.2) is 0 Å². The average molecular weight is 398 g/mol. The van der Waals surface area contributed by atoms with Crippen molar-refractivity contribution in [3.05, 3.63) is 28.3 Å². The second kappa shape index (κ2) is 7.74. The van der Waals surface area contributed by atoms with Gasteiger partial charge in [-0.05, 0) is 12.2 Å². The Kier molecular flexibility index (Phi) is 6.10. The first-order valence-electron chi connectivity index (χ1n) is 7.51. The molecule has 1 aromatic rings. The van der Waals surface area contributed by atoms with Crippen LogP contribution in [-0.2, 0) is 4.79 Å². The third-order valence-corrected chi connectivity index (χ3v) is 4.52. The van der Waals surface area contributed by atoms with Crippen molar-refractivity contribution in [3.8, 4) is 0 Å². The van der Waals surface area contributed by atoms with Crippen LogP contribution in [0.1, 0.15) is 13.8 Å². The number of piperazine rings is 1. The highest BCUT2D eigenvalue weighted by atomic mass is 35.5. The van der Waals surface area contributed by atoms with Crippen molar-refractivity contribution in [2.45, 2.75) is 13.8 Å². The van der Waals surface area contributed by atoms with Gasteiger partial charge >= 0.3 is 0 Å². The van der Waals surface area contributed by atoms with Gasteiger partial charge in [-0.25, -0.2) is 17.6 Å². The summed E-state index contributed by atoms with van der Waals surface area (Å²) < 4.78 is 55.2. The van der Waals surface area contributed by atoms with Gasteiger partial charge < -0.3 is 15.1 Å². The minimum Gasteiger partial charge on any atom is -0.363 e. The summed E-state index contributed by atoms with van der Waals surface area (Å²) in [6, 6.07) is 0. The summed E-state index contributed by atoms with van der Waals surface area (Å²) in [5, 5.41) is 1.56. The highest BCUT2D eigenvalue weighted by molar-refractivity contribution is 7.80. The molecule has 2 rings (SSSR count). The maximum absolute atomic E-state index is 14.0. The van der Waals surface area contributed by atoms with Crippen molar-refractivity contribution in [3.63, 3.8) is 0 Å². The summed E-state index contributed by atoms with van der Waals surface area (Å²) in [6.07, 6.45) is 0. The quantitative estimate of drug-likeness (QED) is 0.360. The predicted octanol–water partition coefficient (Wildman–Crippen LogP) is 3.08. The first-order valence-corrected chi connectivity index (χ1v) is 8.29. The predicted molar refractivity (Wildman–Crippen MR) is 90.6 cm³/mol. The first-order chi connectivity index (χ1) is 11.6. The first kappa shape index (κ1) is 19.7. The molecule has 1 aliphatic heterocycles. The van der Waals surface area contributed by atoms with Gasteiger partial charge in [-0.2, -0.15) is 0 Å². The number of rotatable bonds is 2. The van der Waals surface area contributed by atoms with Crippen molar-refractivity contribution in [1.29, 1.82) is 0 Å². The van der Waals surface area contributed by atoms with Gasteiger partial charge in [0.2, 0.25) is 5.91 Å². The maximum atomic E-state index is 14.0. The SMILES string of the molecule is CC(C)C(=O)NC(=S)N1CCN(c2c(F)c(F)c(Cl)c(F)c2F)CC1. The van der Waals surface area contributed by atoms with Gasteiger partial charge in [-0.15, -0.1) is 0 Å². The molecule has 0 bridgehead atoms. The molecule has 1 aromatic carbocycles. The molecule has 0 atom stereocenters. The smallest absolute Gasteiger partial charge is 0.228 e. The van der Waals surface area contributed by atoms with E-state index in [-0.39, 0.29) is 43.1 Å². The van der Waals surface area contributed by atoms with E-state index in [1.165, 1.54) is 4.90 Å². The molecule has 1 aliphatic rings. The summed E-state index contributed by atoms with van der Waals surface area (Å²) in [5.74, 6) is -6.81. The lowest BCUT2D eigenvalue weighted by Crippen LogP contribution is -2.53. The Labute approximate surface area is 152 Å². The Morgan fingerprint density at radius 2 is 1.52 bits per heavy atom. The van der Waals surface area contributed by atoms with Crippen molar-refractivity contribution in [2.75, 3.05) is 31.1 Å². The molecule has 1 amide bonds. The summed E-state index contributed by atoms with van der Waals surface area (Å²) in [4.78, 5) is 14.5. The van der Waals surface area contributed by atoms with Crippen LogP contribution in [0.5, 0.6) is 0 Å². The Morgan fingerprint density at radius 1 is 1.04 bits per heavy atom. The molecule has 0 aliphatic carbocycles. The second-order valence-electron chi connectivity index (χ2n) is 5.84. The van der Waals surface area contributed by atoms with Crippen LogP contribution in [0.25, 0.3) is 0 Å². The maximum Gasteiger partial charge on any atom is 0.228 e. The van der Waals surface area contributed by atoms with Crippen LogP contribution in [-0.4, -0.2) is 42.1 Å². The van der Waals surface area contributed by atoms with Gasteiger partial charge in [0.25, 0.3) is 0 Å². The molecule has 0 saturated carbocycles. The van der Waals surface area contributed by atoms with Gasteiger partial charge in [0.15, 0.2) is 28.4 Å². The molecule has 4 nitrogen and oxygen atoms in total.